The standard InChI is InChI=1S/C21H22N4O2/c1-4-27-20(26)16-10-5-6-11-17(16)23-18-12-13-22-21(24-18)25-19-14(2)8-7-9-15(19)3/h5-13H,4H2,1-3H3,(H2,22,23,24,25). The van der Waals surface area contributed by atoms with E-state index < -0.39 is 0 Å². The first-order valence-corrected chi connectivity index (χ1v) is 8.78. The largest absolute Gasteiger partial charge is 0.462 e. The molecular formula is C21H22N4O2. The normalized spacial score (nSPS) is 10.3. The summed E-state index contributed by atoms with van der Waals surface area (Å²) < 4.78 is 5.11. The van der Waals surface area contributed by atoms with Crippen molar-refractivity contribution in [3.63, 3.8) is 0 Å². The lowest BCUT2D eigenvalue weighted by Gasteiger charge is -2.13. The Morgan fingerprint density at radius 3 is 2.48 bits per heavy atom. The lowest BCUT2D eigenvalue weighted by atomic mass is 10.1. The van der Waals surface area contributed by atoms with Crippen LogP contribution in [0.2, 0.25) is 0 Å². The maximum atomic E-state index is 12.1. The molecule has 0 radical (unpaired) electrons. The van der Waals surface area contributed by atoms with Crippen LogP contribution in [0.25, 0.3) is 0 Å². The molecule has 0 unspecified atom stereocenters. The molecular weight excluding hydrogens is 340 g/mol. The van der Waals surface area contributed by atoms with Gasteiger partial charge in [-0.1, -0.05) is 30.3 Å². The summed E-state index contributed by atoms with van der Waals surface area (Å²) in [6.45, 7) is 6.18. The predicted octanol–water partition coefficient (Wildman–Crippen LogP) is 4.76. The zero-order valence-corrected chi connectivity index (χ0v) is 15.6. The molecule has 2 N–H and O–H groups in total. The Labute approximate surface area is 158 Å². The van der Waals surface area contributed by atoms with Gasteiger partial charge in [-0.25, -0.2) is 9.78 Å². The van der Waals surface area contributed by atoms with Crippen molar-refractivity contribution < 1.29 is 9.53 Å². The van der Waals surface area contributed by atoms with Gasteiger partial charge in [0.25, 0.3) is 0 Å². The number of hydrogen-bond acceptors (Lipinski definition) is 6. The average Bonchev–Trinajstić information content (AvgIpc) is 2.66. The van der Waals surface area contributed by atoms with Crippen LogP contribution in [0.1, 0.15) is 28.4 Å². The third-order valence-electron chi connectivity index (χ3n) is 4.06. The fraction of sp³-hybridized carbons (Fsp3) is 0.190. The molecule has 6 nitrogen and oxygen atoms in total. The van der Waals surface area contributed by atoms with Crippen LogP contribution in [-0.4, -0.2) is 22.5 Å². The van der Waals surface area contributed by atoms with Gasteiger partial charge in [-0.3, -0.25) is 0 Å². The lowest BCUT2D eigenvalue weighted by Crippen LogP contribution is -2.08. The van der Waals surface area contributed by atoms with Crippen LogP contribution in [0.4, 0.5) is 23.1 Å². The molecule has 0 aliphatic heterocycles. The highest BCUT2D eigenvalue weighted by Gasteiger charge is 2.13. The molecule has 0 spiro atoms. The van der Waals surface area contributed by atoms with Crippen molar-refractivity contribution in [3.05, 3.63) is 71.4 Å². The number of anilines is 4. The van der Waals surface area contributed by atoms with Crippen molar-refractivity contribution in [3.8, 4) is 0 Å². The Morgan fingerprint density at radius 1 is 1.00 bits per heavy atom. The van der Waals surface area contributed by atoms with E-state index in [1.54, 1.807) is 31.3 Å². The molecule has 0 saturated carbocycles. The summed E-state index contributed by atoms with van der Waals surface area (Å²) in [5.41, 5.74) is 4.31. The first-order chi connectivity index (χ1) is 13.1. The number of carbonyl (C=O) groups is 1. The number of para-hydroxylation sites is 2. The number of aryl methyl sites for hydroxylation is 2. The van der Waals surface area contributed by atoms with Gasteiger partial charge < -0.3 is 15.4 Å². The van der Waals surface area contributed by atoms with Gasteiger partial charge in [0.15, 0.2) is 0 Å². The van der Waals surface area contributed by atoms with E-state index in [1.807, 2.05) is 44.2 Å². The highest BCUT2D eigenvalue weighted by molar-refractivity contribution is 5.96. The first kappa shape index (κ1) is 18.4. The van der Waals surface area contributed by atoms with Crippen LogP contribution in [0.15, 0.2) is 54.7 Å². The Bertz CT molecular complexity index is 936. The number of benzene rings is 2. The SMILES string of the molecule is CCOC(=O)c1ccccc1Nc1ccnc(Nc2c(C)cccc2C)n1. The fourth-order valence-electron chi connectivity index (χ4n) is 2.73. The minimum absolute atomic E-state index is 0.324. The number of aromatic nitrogens is 2. The lowest BCUT2D eigenvalue weighted by molar-refractivity contribution is 0.0527. The van der Waals surface area contributed by atoms with Gasteiger partial charge in [0.1, 0.15) is 5.82 Å². The van der Waals surface area contributed by atoms with Gasteiger partial charge in [-0.2, -0.15) is 4.98 Å². The summed E-state index contributed by atoms with van der Waals surface area (Å²) in [4.78, 5) is 20.9. The second kappa shape index (κ2) is 8.31. The number of nitrogens with zero attached hydrogens (tertiary/aromatic N) is 2. The molecule has 0 saturated heterocycles. The van der Waals surface area contributed by atoms with Crippen LogP contribution in [0.5, 0.6) is 0 Å². The molecule has 0 aliphatic rings. The number of rotatable bonds is 6. The molecule has 0 atom stereocenters. The van der Waals surface area contributed by atoms with Crippen LogP contribution in [0, 0.1) is 13.8 Å². The van der Waals surface area contributed by atoms with Gasteiger partial charge in [0, 0.05) is 11.9 Å². The van der Waals surface area contributed by atoms with Crippen LogP contribution >= 0.6 is 0 Å². The number of ether oxygens (including phenoxy) is 1. The Balaban J connectivity index is 1.84. The van der Waals surface area contributed by atoms with Gasteiger partial charge in [0.2, 0.25) is 5.95 Å². The smallest absolute Gasteiger partial charge is 0.340 e. The second-order valence-corrected chi connectivity index (χ2v) is 6.05. The molecule has 0 bridgehead atoms. The van der Waals surface area contributed by atoms with E-state index in [0.29, 0.717) is 29.6 Å². The molecule has 0 amide bonds. The van der Waals surface area contributed by atoms with Gasteiger partial charge in [-0.15, -0.1) is 0 Å². The van der Waals surface area contributed by atoms with Crippen molar-refractivity contribution in [2.75, 3.05) is 17.2 Å². The quantitative estimate of drug-likeness (QED) is 0.616. The maximum absolute atomic E-state index is 12.1. The van der Waals surface area contributed by atoms with Crippen molar-refractivity contribution in [2.45, 2.75) is 20.8 Å². The molecule has 1 heterocycles. The molecule has 138 valence electrons. The minimum atomic E-state index is -0.372. The second-order valence-electron chi connectivity index (χ2n) is 6.05. The van der Waals surface area contributed by atoms with E-state index in [2.05, 4.69) is 20.6 Å². The Kier molecular flexibility index (Phi) is 5.66. The molecule has 0 aliphatic carbocycles. The van der Waals surface area contributed by atoms with Crippen molar-refractivity contribution in [1.29, 1.82) is 0 Å². The summed E-state index contributed by atoms with van der Waals surface area (Å²) in [6.07, 6.45) is 1.66. The zero-order valence-electron chi connectivity index (χ0n) is 15.6. The molecule has 2 aromatic carbocycles. The van der Waals surface area contributed by atoms with Crippen molar-refractivity contribution in [1.82, 2.24) is 9.97 Å². The maximum Gasteiger partial charge on any atom is 0.340 e. The van der Waals surface area contributed by atoms with E-state index >= 15 is 0 Å². The topological polar surface area (TPSA) is 76.1 Å². The Hall–Kier alpha value is -3.41. The van der Waals surface area contributed by atoms with Crippen LogP contribution < -0.4 is 10.6 Å². The molecule has 27 heavy (non-hydrogen) atoms. The number of hydrogen-bond donors (Lipinski definition) is 2. The summed E-state index contributed by atoms with van der Waals surface area (Å²) in [7, 11) is 0. The predicted molar refractivity (Wildman–Crippen MR) is 107 cm³/mol. The summed E-state index contributed by atoms with van der Waals surface area (Å²) >= 11 is 0. The van der Waals surface area contributed by atoms with Gasteiger partial charge in [0.05, 0.1) is 17.9 Å². The third kappa shape index (κ3) is 4.41. The summed E-state index contributed by atoms with van der Waals surface area (Å²) in [5.74, 6) is 0.685. The third-order valence-corrected chi connectivity index (χ3v) is 4.06. The number of nitrogens with one attached hydrogen (secondary N) is 2. The van der Waals surface area contributed by atoms with E-state index in [0.717, 1.165) is 16.8 Å². The van der Waals surface area contributed by atoms with E-state index in [4.69, 9.17) is 4.74 Å². The van der Waals surface area contributed by atoms with E-state index in [1.165, 1.54) is 0 Å². The van der Waals surface area contributed by atoms with Crippen LogP contribution in [-0.2, 0) is 4.74 Å². The number of carbonyl (C=O) groups excluding carboxylic acids is 1. The summed E-state index contributed by atoms with van der Waals surface area (Å²) in [6, 6.07) is 15.0. The zero-order chi connectivity index (χ0) is 19.2. The average molecular weight is 362 g/mol. The van der Waals surface area contributed by atoms with Crippen molar-refractivity contribution in [2.24, 2.45) is 0 Å². The minimum Gasteiger partial charge on any atom is -0.462 e. The highest BCUT2D eigenvalue weighted by atomic mass is 16.5. The summed E-state index contributed by atoms with van der Waals surface area (Å²) in [5, 5.41) is 6.45. The van der Waals surface area contributed by atoms with Gasteiger partial charge in [-0.05, 0) is 50.1 Å². The number of esters is 1. The van der Waals surface area contributed by atoms with Crippen LogP contribution in [0.3, 0.4) is 0 Å². The molecule has 3 aromatic rings. The highest BCUT2D eigenvalue weighted by Crippen LogP contribution is 2.24. The van der Waals surface area contributed by atoms with Crippen molar-refractivity contribution >= 4 is 29.1 Å². The fourth-order valence-corrected chi connectivity index (χ4v) is 2.73. The van der Waals surface area contributed by atoms with E-state index in [9.17, 15) is 4.79 Å². The van der Waals surface area contributed by atoms with Gasteiger partial charge >= 0.3 is 5.97 Å². The molecule has 6 heteroatoms. The van der Waals surface area contributed by atoms with E-state index in [-0.39, 0.29) is 5.97 Å². The monoisotopic (exact) mass is 362 g/mol. The molecule has 1 aromatic heterocycles. The molecule has 3 rings (SSSR count). The molecule has 0 fully saturated rings. The Morgan fingerprint density at radius 2 is 1.74 bits per heavy atom. The first-order valence-electron chi connectivity index (χ1n) is 8.78.